The molecule has 3 aromatic carbocycles. The maximum atomic E-state index is 15.1. The maximum absolute atomic E-state index is 15.1. The van der Waals surface area contributed by atoms with Gasteiger partial charge in [0.25, 0.3) is 0 Å². The van der Waals surface area contributed by atoms with E-state index in [-0.39, 0.29) is 42.0 Å². The number of nitrogens with zero attached hydrogens (tertiary/aromatic N) is 1. The first-order valence-corrected chi connectivity index (χ1v) is 17.3. The first-order valence-electron chi connectivity index (χ1n) is 15.7. The lowest BCUT2D eigenvalue weighted by atomic mass is 9.87. The Hall–Kier alpha value is -3.99. The Morgan fingerprint density at radius 3 is 2.57 bits per heavy atom. The van der Waals surface area contributed by atoms with Gasteiger partial charge in [0, 0.05) is 48.2 Å². The van der Waals surface area contributed by atoms with E-state index in [9.17, 15) is 18.0 Å². The number of benzene rings is 3. The minimum atomic E-state index is -4.58. The fraction of sp³-hybridized carbons (Fsp3) is 0.289. The number of aliphatic hydroxyl groups is 1. The van der Waals surface area contributed by atoms with Gasteiger partial charge in [-0.25, -0.2) is 9.18 Å². The third-order valence-corrected chi connectivity index (χ3v) is 9.10. The second-order valence-corrected chi connectivity index (χ2v) is 12.6. The van der Waals surface area contributed by atoms with Crippen molar-refractivity contribution in [1.82, 2.24) is 4.90 Å². The van der Waals surface area contributed by atoms with E-state index in [1.165, 1.54) is 23.9 Å². The van der Waals surface area contributed by atoms with Gasteiger partial charge in [-0.15, -0.1) is 11.8 Å². The topological polar surface area (TPSA) is 59.0 Å². The SMILES string of the molecule is C=C(O)/C=C/C(=O)OCc1c(F)cc(OCCCN(Cc2cccc(C(F)(F)F)c2Cl)CC(C2=CCCC=C2)c2ccccc2)cc1SC. The summed E-state index contributed by atoms with van der Waals surface area (Å²) in [6.45, 7) is 4.31. The third-order valence-electron chi connectivity index (χ3n) is 7.85. The van der Waals surface area contributed by atoms with E-state index in [1.807, 2.05) is 18.2 Å². The highest BCUT2D eigenvalue weighted by atomic mass is 35.5. The fourth-order valence-electron chi connectivity index (χ4n) is 5.46. The number of carbonyl (C=O) groups is 1. The Labute approximate surface area is 293 Å². The first kappa shape index (κ1) is 37.8. The number of allylic oxidation sites excluding steroid dienone is 4. The van der Waals surface area contributed by atoms with Gasteiger partial charge in [-0.2, -0.15) is 13.2 Å². The summed E-state index contributed by atoms with van der Waals surface area (Å²) < 4.78 is 67.2. The summed E-state index contributed by atoms with van der Waals surface area (Å²) in [7, 11) is 0. The average molecular weight is 716 g/mol. The second kappa shape index (κ2) is 18.1. The molecule has 0 bridgehead atoms. The zero-order valence-corrected chi connectivity index (χ0v) is 28.6. The molecule has 0 heterocycles. The Morgan fingerprint density at radius 2 is 1.90 bits per heavy atom. The Bertz CT molecular complexity index is 1690. The molecule has 1 unspecified atom stereocenters. The van der Waals surface area contributed by atoms with Gasteiger partial charge in [0.15, 0.2) is 0 Å². The van der Waals surface area contributed by atoms with Crippen LogP contribution in [0.5, 0.6) is 5.75 Å². The number of carbonyl (C=O) groups excluding carboxylic acids is 1. The summed E-state index contributed by atoms with van der Waals surface area (Å²) in [4.78, 5) is 14.5. The standard InChI is InChI=1S/C38H38ClF4NO4S/c1-26(45)17-18-36(46)48-25-32-34(40)21-30(22-35(32)49-2)47-20-10-19-44(23-29-15-9-16-33(37(29)39)38(41,42)43)24-31(27-11-5-3-6-12-27)28-13-7-4-8-14-28/h3,5-7,9,11-18,21-22,31,45H,1,4,8,10,19-20,23-25H2,2H3/b18-17+. The maximum Gasteiger partial charge on any atom is 0.417 e. The molecule has 3 aromatic rings. The molecule has 5 nitrogen and oxygen atoms in total. The second-order valence-electron chi connectivity index (χ2n) is 11.4. The lowest BCUT2D eigenvalue weighted by Gasteiger charge is -2.30. The molecule has 0 amide bonds. The normalized spacial score (nSPS) is 13.8. The zero-order valence-electron chi connectivity index (χ0n) is 27.0. The van der Waals surface area contributed by atoms with Crippen molar-refractivity contribution < 1.29 is 36.9 Å². The Kier molecular flexibility index (Phi) is 14.0. The number of hydrogen-bond acceptors (Lipinski definition) is 6. The van der Waals surface area contributed by atoms with Crippen LogP contribution in [0, 0.1) is 5.82 Å². The van der Waals surface area contributed by atoms with Gasteiger partial charge in [0.1, 0.15) is 23.9 Å². The third kappa shape index (κ3) is 11.3. The van der Waals surface area contributed by atoms with E-state index in [1.54, 1.807) is 18.4 Å². The van der Waals surface area contributed by atoms with E-state index >= 15 is 4.39 Å². The van der Waals surface area contributed by atoms with Gasteiger partial charge in [0.05, 0.1) is 17.2 Å². The molecular weight excluding hydrogens is 678 g/mol. The van der Waals surface area contributed by atoms with Crippen molar-refractivity contribution in [2.75, 3.05) is 26.0 Å². The molecule has 4 rings (SSSR count). The van der Waals surface area contributed by atoms with E-state index < -0.39 is 23.5 Å². The van der Waals surface area contributed by atoms with E-state index in [2.05, 4.69) is 41.8 Å². The average Bonchev–Trinajstić information content (AvgIpc) is 3.08. The van der Waals surface area contributed by atoms with Crippen molar-refractivity contribution >= 4 is 29.3 Å². The number of esters is 1. The van der Waals surface area contributed by atoms with Gasteiger partial charge < -0.3 is 14.6 Å². The molecular formula is C38H38ClF4NO4S. The molecule has 0 aliphatic heterocycles. The van der Waals surface area contributed by atoms with Crippen molar-refractivity contribution in [1.29, 1.82) is 0 Å². The van der Waals surface area contributed by atoms with Crippen LogP contribution in [0.25, 0.3) is 0 Å². The fourth-order valence-corrected chi connectivity index (χ4v) is 6.39. The van der Waals surface area contributed by atoms with Crippen LogP contribution in [0.4, 0.5) is 17.6 Å². The number of aliphatic hydroxyl groups excluding tert-OH is 1. The molecule has 0 saturated carbocycles. The summed E-state index contributed by atoms with van der Waals surface area (Å²) in [5.74, 6) is -1.41. The monoisotopic (exact) mass is 715 g/mol. The number of ether oxygens (including phenoxy) is 2. The Morgan fingerprint density at radius 1 is 1.12 bits per heavy atom. The molecule has 0 aromatic heterocycles. The molecule has 1 aliphatic rings. The van der Waals surface area contributed by atoms with Crippen LogP contribution in [0.15, 0.2) is 114 Å². The molecule has 1 N–H and O–H groups in total. The predicted molar refractivity (Wildman–Crippen MR) is 186 cm³/mol. The van der Waals surface area contributed by atoms with Crippen LogP contribution in [0.2, 0.25) is 5.02 Å². The molecule has 11 heteroatoms. The highest BCUT2D eigenvalue weighted by Crippen LogP contribution is 2.37. The molecule has 0 saturated heterocycles. The van der Waals surface area contributed by atoms with Crippen LogP contribution >= 0.6 is 23.4 Å². The first-order chi connectivity index (χ1) is 23.5. The highest BCUT2D eigenvalue weighted by Gasteiger charge is 2.34. The van der Waals surface area contributed by atoms with Crippen molar-refractivity contribution in [3.8, 4) is 5.75 Å². The largest absolute Gasteiger partial charge is 0.509 e. The minimum absolute atomic E-state index is 0.0268. The van der Waals surface area contributed by atoms with E-state index in [0.29, 0.717) is 35.7 Å². The smallest absolute Gasteiger partial charge is 0.417 e. The minimum Gasteiger partial charge on any atom is -0.509 e. The number of rotatable bonds is 16. The van der Waals surface area contributed by atoms with Crippen LogP contribution in [-0.2, 0) is 28.9 Å². The molecule has 0 fully saturated rings. The number of halogens is 5. The number of thioether (sulfide) groups is 1. The van der Waals surface area contributed by atoms with Crippen LogP contribution < -0.4 is 4.74 Å². The lowest BCUT2D eigenvalue weighted by molar-refractivity contribution is -0.139. The summed E-state index contributed by atoms with van der Waals surface area (Å²) in [6, 6.07) is 16.9. The van der Waals surface area contributed by atoms with Crippen LogP contribution in [-0.4, -0.2) is 41.9 Å². The van der Waals surface area contributed by atoms with Gasteiger partial charge >= 0.3 is 12.1 Å². The van der Waals surface area contributed by atoms with Crippen molar-refractivity contribution in [3.63, 3.8) is 0 Å². The zero-order chi connectivity index (χ0) is 35.4. The van der Waals surface area contributed by atoms with Crippen molar-refractivity contribution in [3.05, 3.63) is 142 Å². The molecule has 260 valence electrons. The van der Waals surface area contributed by atoms with Crippen LogP contribution in [0.3, 0.4) is 0 Å². The quantitative estimate of drug-likeness (QED) is 0.0303. The van der Waals surface area contributed by atoms with Crippen molar-refractivity contribution in [2.45, 2.75) is 49.4 Å². The summed E-state index contributed by atoms with van der Waals surface area (Å²) in [6.07, 6.45) is 8.07. The van der Waals surface area contributed by atoms with Gasteiger partial charge in [-0.05, 0) is 60.4 Å². The summed E-state index contributed by atoms with van der Waals surface area (Å²) >= 11 is 7.60. The molecule has 1 aliphatic carbocycles. The van der Waals surface area contributed by atoms with Crippen LogP contribution in [0.1, 0.15) is 47.4 Å². The van der Waals surface area contributed by atoms with E-state index in [0.717, 1.165) is 42.2 Å². The predicted octanol–water partition coefficient (Wildman–Crippen LogP) is 10.2. The molecule has 0 spiro atoms. The van der Waals surface area contributed by atoms with Crippen molar-refractivity contribution in [2.24, 2.45) is 0 Å². The highest BCUT2D eigenvalue weighted by molar-refractivity contribution is 7.98. The summed E-state index contributed by atoms with van der Waals surface area (Å²) in [5.41, 5.74) is 1.93. The number of hydrogen-bond donors (Lipinski definition) is 1. The molecule has 1 atom stereocenters. The Balaban J connectivity index is 1.50. The van der Waals surface area contributed by atoms with Gasteiger partial charge in [-0.1, -0.05) is 78.9 Å². The summed E-state index contributed by atoms with van der Waals surface area (Å²) in [5, 5.41) is 8.78. The molecule has 49 heavy (non-hydrogen) atoms. The van der Waals surface area contributed by atoms with E-state index in [4.69, 9.17) is 26.2 Å². The molecule has 0 radical (unpaired) electrons. The number of alkyl halides is 3. The van der Waals surface area contributed by atoms with Gasteiger partial charge in [0.2, 0.25) is 0 Å². The lowest BCUT2D eigenvalue weighted by Crippen LogP contribution is -2.31. The van der Waals surface area contributed by atoms with Gasteiger partial charge in [-0.3, -0.25) is 4.90 Å².